The first-order chi connectivity index (χ1) is 29.2. The summed E-state index contributed by atoms with van der Waals surface area (Å²) in [5, 5.41) is 3.79. The number of hydrogen-bond donors (Lipinski definition) is 0. The number of benzene rings is 3. The SMILES string of the molecule is C=C(C1=NC2c3nc(C4=CC=CCC4)ccc3C=CC2C=C1)c1ccccc1/C(C1=CCCC(c2nc3ccccc3c3c4c(ccc23)CCC=C4)=C1)=C1/C=CC=CC1. The number of pyridine rings is 2. The van der Waals surface area contributed by atoms with Gasteiger partial charge in [-0.3, -0.25) is 9.98 Å². The van der Waals surface area contributed by atoms with Gasteiger partial charge in [0.2, 0.25) is 0 Å². The maximum atomic E-state index is 5.47. The molecule has 3 heteroatoms. The Kier molecular flexibility index (Phi) is 8.96. The predicted molar refractivity (Wildman–Crippen MR) is 250 cm³/mol. The van der Waals surface area contributed by atoms with E-state index in [9.17, 15) is 0 Å². The summed E-state index contributed by atoms with van der Waals surface area (Å²) in [6, 6.07) is 26.4. The topological polar surface area (TPSA) is 38.1 Å². The van der Waals surface area contributed by atoms with Crippen LogP contribution in [-0.4, -0.2) is 15.7 Å². The van der Waals surface area contributed by atoms with Gasteiger partial charge in [-0.25, -0.2) is 4.98 Å². The van der Waals surface area contributed by atoms with Crippen molar-refractivity contribution in [1.29, 1.82) is 0 Å². The summed E-state index contributed by atoms with van der Waals surface area (Å²) in [5.74, 6) is 0.159. The number of aryl methyl sites for hydroxylation is 1. The van der Waals surface area contributed by atoms with Gasteiger partial charge in [-0.05, 0) is 125 Å². The van der Waals surface area contributed by atoms with Gasteiger partial charge in [-0.15, -0.1) is 0 Å². The minimum Gasteiger partial charge on any atom is -0.274 e. The molecule has 3 nitrogen and oxygen atoms in total. The fourth-order valence-electron chi connectivity index (χ4n) is 9.84. The van der Waals surface area contributed by atoms with Gasteiger partial charge >= 0.3 is 0 Å². The standard InChI is InChI=1S/C56H45N3/c1-36(49-33-30-40-27-28-41-31-34-50(38-16-4-2-5-17-38)58-56(41)55(40)57-49)44-22-10-11-24-46(44)52(39-18-6-3-7-19-39)42-20-14-21-43(35-42)54-48-32-29-37-15-8-9-23-45(37)53(48)47-25-12-13-26-51(47)59-54/h2-4,6-7,9-13,16,18,20,22-35,40,55H,1,5,8,14-15,17,19,21H2/b52-39-. The van der Waals surface area contributed by atoms with Gasteiger partial charge in [0.1, 0.15) is 6.04 Å². The van der Waals surface area contributed by atoms with Crippen LogP contribution in [-0.2, 0) is 6.42 Å². The Hall–Kier alpha value is -6.71. The molecule has 1 aliphatic heterocycles. The van der Waals surface area contributed by atoms with E-state index in [4.69, 9.17) is 21.5 Å². The van der Waals surface area contributed by atoms with E-state index in [2.05, 4.69) is 164 Å². The molecule has 284 valence electrons. The lowest BCUT2D eigenvalue weighted by atomic mass is 9.80. The van der Waals surface area contributed by atoms with Crippen LogP contribution in [0, 0.1) is 5.92 Å². The fourth-order valence-corrected chi connectivity index (χ4v) is 9.84. The Bertz CT molecular complexity index is 2980. The Morgan fingerprint density at radius 1 is 0.678 bits per heavy atom. The van der Waals surface area contributed by atoms with Gasteiger partial charge in [-0.2, -0.15) is 0 Å². The molecule has 0 radical (unpaired) electrons. The van der Waals surface area contributed by atoms with Crippen LogP contribution in [0.5, 0.6) is 0 Å². The Morgan fingerprint density at radius 3 is 2.44 bits per heavy atom. The van der Waals surface area contributed by atoms with Crippen LogP contribution in [0.3, 0.4) is 0 Å². The van der Waals surface area contributed by atoms with E-state index in [1.165, 1.54) is 60.7 Å². The number of fused-ring (bicyclic) bond motifs is 8. The first-order valence-corrected chi connectivity index (χ1v) is 21.3. The van der Waals surface area contributed by atoms with Gasteiger partial charge in [0, 0.05) is 27.6 Å². The van der Waals surface area contributed by atoms with E-state index in [0.29, 0.717) is 0 Å². The Balaban J connectivity index is 1.01. The first-order valence-electron chi connectivity index (χ1n) is 21.3. The Morgan fingerprint density at radius 2 is 1.54 bits per heavy atom. The van der Waals surface area contributed by atoms with Crippen LogP contribution >= 0.6 is 0 Å². The number of aliphatic imine (C=N–C) groups is 1. The normalized spacial score (nSPS) is 21.0. The van der Waals surface area contributed by atoms with Crippen molar-refractivity contribution < 1.29 is 0 Å². The molecule has 0 bridgehead atoms. The van der Waals surface area contributed by atoms with Crippen LogP contribution in [0.1, 0.15) is 89.5 Å². The average molecular weight is 760 g/mol. The molecule has 3 aromatic carbocycles. The summed E-state index contributed by atoms with van der Waals surface area (Å²) >= 11 is 0. The fraction of sp³-hybridized carbons (Fsp3) is 0.161. The molecule has 2 unspecified atom stereocenters. The molecule has 0 amide bonds. The van der Waals surface area contributed by atoms with Crippen molar-refractivity contribution in [3.63, 3.8) is 0 Å². The average Bonchev–Trinajstić information content (AvgIpc) is 3.31. The van der Waals surface area contributed by atoms with Crippen molar-refractivity contribution in [3.8, 4) is 0 Å². The quantitative estimate of drug-likeness (QED) is 0.162. The van der Waals surface area contributed by atoms with Gasteiger partial charge in [0.05, 0.1) is 28.3 Å². The number of nitrogens with zero attached hydrogens (tertiary/aromatic N) is 3. The molecule has 0 spiro atoms. The van der Waals surface area contributed by atoms with Crippen LogP contribution in [0.25, 0.3) is 56.1 Å². The first kappa shape index (κ1) is 35.5. The molecular weight excluding hydrogens is 715 g/mol. The van der Waals surface area contributed by atoms with Gasteiger partial charge < -0.3 is 0 Å². The van der Waals surface area contributed by atoms with E-state index in [1.807, 2.05) is 0 Å². The second kappa shape index (κ2) is 14.9. The zero-order valence-corrected chi connectivity index (χ0v) is 33.2. The molecule has 6 aliphatic rings. The summed E-state index contributed by atoms with van der Waals surface area (Å²) in [6.07, 6.45) is 40.9. The van der Waals surface area contributed by atoms with Gasteiger partial charge in [-0.1, -0.05) is 146 Å². The molecule has 5 aromatic rings. The third-order valence-electron chi connectivity index (χ3n) is 12.8. The molecule has 0 N–H and O–H groups in total. The number of hydrogen-bond acceptors (Lipinski definition) is 3. The van der Waals surface area contributed by atoms with Crippen molar-refractivity contribution in [2.24, 2.45) is 10.9 Å². The molecule has 11 rings (SSSR count). The number of dihydropyridines is 1. The second-order valence-electron chi connectivity index (χ2n) is 16.3. The maximum absolute atomic E-state index is 5.47. The maximum Gasteiger partial charge on any atom is 0.103 e. The summed E-state index contributed by atoms with van der Waals surface area (Å²) in [5.41, 5.74) is 18.6. The van der Waals surface area contributed by atoms with E-state index < -0.39 is 0 Å². The number of allylic oxidation sites excluding steroid dienone is 17. The van der Waals surface area contributed by atoms with Crippen molar-refractivity contribution in [2.45, 2.75) is 51.0 Å². The van der Waals surface area contributed by atoms with Crippen LogP contribution in [0.15, 0.2) is 175 Å². The second-order valence-corrected chi connectivity index (χ2v) is 16.3. The van der Waals surface area contributed by atoms with Gasteiger partial charge in [0.15, 0.2) is 0 Å². The Labute approximate surface area is 346 Å². The lowest BCUT2D eigenvalue weighted by molar-refractivity contribution is 0.591. The van der Waals surface area contributed by atoms with Crippen LogP contribution in [0.4, 0.5) is 0 Å². The largest absolute Gasteiger partial charge is 0.274 e. The van der Waals surface area contributed by atoms with Crippen molar-refractivity contribution in [2.75, 3.05) is 0 Å². The highest BCUT2D eigenvalue weighted by Crippen LogP contribution is 2.44. The zero-order chi connectivity index (χ0) is 39.3. The highest BCUT2D eigenvalue weighted by atomic mass is 14.9. The molecule has 0 saturated carbocycles. The number of para-hydroxylation sites is 1. The van der Waals surface area contributed by atoms with E-state index in [1.54, 1.807) is 0 Å². The van der Waals surface area contributed by atoms with E-state index in [-0.39, 0.29) is 12.0 Å². The van der Waals surface area contributed by atoms with E-state index >= 15 is 0 Å². The summed E-state index contributed by atoms with van der Waals surface area (Å²) in [4.78, 5) is 16.2. The summed E-state index contributed by atoms with van der Waals surface area (Å²) in [6.45, 7) is 4.79. The summed E-state index contributed by atoms with van der Waals surface area (Å²) < 4.78 is 0. The third kappa shape index (κ3) is 6.33. The molecule has 3 heterocycles. The third-order valence-corrected chi connectivity index (χ3v) is 12.8. The number of rotatable bonds is 6. The van der Waals surface area contributed by atoms with Crippen molar-refractivity contribution in [1.82, 2.24) is 9.97 Å². The van der Waals surface area contributed by atoms with E-state index in [0.717, 1.165) is 90.0 Å². The predicted octanol–water partition coefficient (Wildman–Crippen LogP) is 14.0. The molecule has 0 saturated heterocycles. The minimum atomic E-state index is -0.0975. The number of aromatic nitrogens is 2. The van der Waals surface area contributed by atoms with Gasteiger partial charge in [0.25, 0.3) is 0 Å². The molecule has 2 atom stereocenters. The monoisotopic (exact) mass is 759 g/mol. The zero-order valence-electron chi connectivity index (χ0n) is 33.2. The molecule has 5 aliphatic carbocycles. The molecule has 0 fully saturated rings. The van der Waals surface area contributed by atoms with Crippen molar-refractivity contribution >= 4 is 61.8 Å². The smallest absolute Gasteiger partial charge is 0.103 e. The van der Waals surface area contributed by atoms with Crippen LogP contribution < -0.4 is 0 Å². The minimum absolute atomic E-state index is 0.0975. The van der Waals surface area contributed by atoms with Crippen molar-refractivity contribution in [3.05, 3.63) is 214 Å². The molecule has 2 aromatic heterocycles. The van der Waals surface area contributed by atoms with Crippen LogP contribution in [0.2, 0.25) is 0 Å². The lowest BCUT2D eigenvalue weighted by Crippen LogP contribution is -2.20. The lowest BCUT2D eigenvalue weighted by Gasteiger charge is -2.29. The molecular formula is C56H45N3. The summed E-state index contributed by atoms with van der Waals surface area (Å²) in [7, 11) is 0. The molecule has 59 heavy (non-hydrogen) atoms. The highest BCUT2D eigenvalue weighted by Gasteiger charge is 2.30. The highest BCUT2D eigenvalue weighted by molar-refractivity contribution is 6.30.